The van der Waals surface area contributed by atoms with Crippen LogP contribution in [0.5, 0.6) is 0 Å². The Hall–Kier alpha value is -0.650. The summed E-state index contributed by atoms with van der Waals surface area (Å²) in [6.07, 6.45) is 1.50. The molecule has 0 bridgehead atoms. The number of rotatable bonds is 3. The third-order valence-corrected chi connectivity index (χ3v) is 3.74. The van der Waals surface area contributed by atoms with Crippen LogP contribution in [0.15, 0.2) is 0 Å². The molecule has 1 saturated heterocycles. The number of hydrogen-bond donors (Lipinski definition) is 2. The van der Waals surface area contributed by atoms with Gasteiger partial charge >= 0.3 is 5.97 Å². The smallest absolute Gasteiger partial charge is 0.308 e. The summed E-state index contributed by atoms with van der Waals surface area (Å²) in [5, 5.41) is 18.3. The van der Waals surface area contributed by atoms with E-state index in [-0.39, 0.29) is 30.3 Å². The van der Waals surface area contributed by atoms with Gasteiger partial charge in [-0.2, -0.15) is 0 Å². The maximum Gasteiger partial charge on any atom is 0.308 e. The van der Waals surface area contributed by atoms with E-state index in [9.17, 15) is 9.90 Å². The molecule has 1 heterocycles. The Balaban J connectivity index is 2.03. The summed E-state index contributed by atoms with van der Waals surface area (Å²) in [6.45, 7) is 5.32. The van der Waals surface area contributed by atoms with Gasteiger partial charge in [-0.05, 0) is 26.7 Å². The van der Waals surface area contributed by atoms with Crippen LogP contribution in [0.25, 0.3) is 0 Å². The van der Waals surface area contributed by atoms with Crippen LogP contribution in [0, 0.1) is 5.92 Å². The Labute approximate surface area is 101 Å². The fourth-order valence-corrected chi connectivity index (χ4v) is 2.90. The molecular weight excluding hydrogens is 222 g/mol. The number of ether oxygens (including phenoxy) is 1. The first-order valence-electron chi connectivity index (χ1n) is 6.18. The molecule has 98 valence electrons. The number of hydrogen-bond acceptors (Lipinski definition) is 4. The van der Waals surface area contributed by atoms with Crippen molar-refractivity contribution in [3.8, 4) is 0 Å². The average Bonchev–Trinajstić information content (AvgIpc) is 2.12. The van der Waals surface area contributed by atoms with Crippen LogP contribution in [0.1, 0.15) is 26.7 Å². The average molecular weight is 243 g/mol. The van der Waals surface area contributed by atoms with Gasteiger partial charge in [-0.15, -0.1) is 0 Å². The van der Waals surface area contributed by atoms with Crippen LogP contribution < -0.4 is 0 Å². The second-order valence-corrected chi connectivity index (χ2v) is 5.70. The summed E-state index contributed by atoms with van der Waals surface area (Å²) in [5.41, 5.74) is -0.315. The van der Waals surface area contributed by atoms with Crippen molar-refractivity contribution in [2.45, 2.75) is 44.4 Å². The molecule has 0 spiro atoms. The van der Waals surface area contributed by atoms with Gasteiger partial charge < -0.3 is 14.9 Å². The Kier molecular flexibility index (Phi) is 3.43. The lowest BCUT2D eigenvalue weighted by molar-refractivity contribution is -0.176. The van der Waals surface area contributed by atoms with E-state index >= 15 is 0 Å². The Morgan fingerprint density at radius 1 is 1.47 bits per heavy atom. The molecular formula is C12H21NO4. The van der Waals surface area contributed by atoms with E-state index in [4.69, 9.17) is 9.84 Å². The van der Waals surface area contributed by atoms with Gasteiger partial charge in [-0.1, -0.05) is 0 Å². The highest BCUT2D eigenvalue weighted by atomic mass is 16.5. The van der Waals surface area contributed by atoms with Crippen molar-refractivity contribution in [2.24, 2.45) is 5.92 Å². The van der Waals surface area contributed by atoms with Gasteiger partial charge in [-0.3, -0.25) is 9.69 Å². The molecule has 0 radical (unpaired) electrons. The van der Waals surface area contributed by atoms with Crippen molar-refractivity contribution in [1.82, 2.24) is 4.90 Å². The maximum absolute atomic E-state index is 11.0. The van der Waals surface area contributed by atoms with Gasteiger partial charge in [0.15, 0.2) is 0 Å². The summed E-state index contributed by atoms with van der Waals surface area (Å²) in [7, 11) is 0. The van der Waals surface area contributed by atoms with Gasteiger partial charge in [0.2, 0.25) is 0 Å². The highest BCUT2D eigenvalue weighted by molar-refractivity contribution is 5.72. The molecule has 2 N–H and O–H groups in total. The number of carboxylic acid groups (broad SMARTS) is 1. The second-order valence-electron chi connectivity index (χ2n) is 5.70. The molecule has 1 aliphatic carbocycles. The van der Waals surface area contributed by atoms with E-state index in [1.165, 1.54) is 0 Å². The molecule has 3 atom stereocenters. The van der Waals surface area contributed by atoms with Gasteiger partial charge in [-0.25, -0.2) is 0 Å². The molecule has 5 heteroatoms. The second kappa shape index (κ2) is 4.55. The molecule has 17 heavy (non-hydrogen) atoms. The normalized spacial score (nSPS) is 37.5. The highest BCUT2D eigenvalue weighted by Crippen LogP contribution is 2.35. The van der Waals surface area contributed by atoms with E-state index in [1.807, 2.05) is 13.8 Å². The van der Waals surface area contributed by atoms with E-state index in [0.29, 0.717) is 6.54 Å². The Bertz CT molecular complexity index is 305. The molecule has 3 unspecified atom stereocenters. The molecule has 0 aromatic rings. The van der Waals surface area contributed by atoms with Crippen LogP contribution in [-0.4, -0.2) is 58.5 Å². The number of carbonyl (C=O) groups is 1. The van der Waals surface area contributed by atoms with E-state index < -0.39 is 5.97 Å². The predicted octanol–water partition coefficient (Wildman–Crippen LogP) is 0.321. The minimum absolute atomic E-state index is 0.00954. The zero-order valence-electron chi connectivity index (χ0n) is 10.4. The highest BCUT2D eigenvalue weighted by Gasteiger charge is 2.44. The minimum Gasteiger partial charge on any atom is -0.481 e. The van der Waals surface area contributed by atoms with Crippen LogP contribution >= 0.6 is 0 Å². The predicted molar refractivity (Wildman–Crippen MR) is 61.8 cm³/mol. The van der Waals surface area contributed by atoms with Gasteiger partial charge in [0.05, 0.1) is 24.2 Å². The largest absolute Gasteiger partial charge is 0.481 e. The van der Waals surface area contributed by atoms with Crippen LogP contribution in [0.2, 0.25) is 0 Å². The number of carboxylic acids is 1. The fourth-order valence-electron chi connectivity index (χ4n) is 2.90. The van der Waals surface area contributed by atoms with Gasteiger partial charge in [0.1, 0.15) is 0 Å². The summed E-state index contributed by atoms with van der Waals surface area (Å²) in [5.74, 6) is -0.950. The van der Waals surface area contributed by atoms with Crippen LogP contribution in [0.4, 0.5) is 0 Å². The van der Waals surface area contributed by atoms with Crippen LogP contribution in [-0.2, 0) is 9.53 Å². The summed E-state index contributed by atoms with van der Waals surface area (Å²) >= 11 is 0. The number of aliphatic hydroxyl groups excluding tert-OH is 1. The Morgan fingerprint density at radius 2 is 2.18 bits per heavy atom. The fraction of sp³-hybridized carbons (Fsp3) is 0.917. The van der Waals surface area contributed by atoms with Crippen molar-refractivity contribution >= 4 is 5.97 Å². The number of aliphatic hydroxyl groups is 1. The van der Waals surface area contributed by atoms with E-state index in [1.54, 1.807) is 0 Å². The van der Waals surface area contributed by atoms with Crippen molar-refractivity contribution < 1.29 is 19.7 Å². The zero-order valence-corrected chi connectivity index (χ0v) is 10.4. The molecule has 0 amide bonds. The van der Waals surface area contributed by atoms with Crippen molar-refractivity contribution in [3.63, 3.8) is 0 Å². The van der Waals surface area contributed by atoms with Crippen molar-refractivity contribution in [1.29, 1.82) is 0 Å². The van der Waals surface area contributed by atoms with Crippen molar-refractivity contribution in [3.05, 3.63) is 0 Å². The first-order valence-corrected chi connectivity index (χ1v) is 6.18. The SMILES string of the molecule is CC1(C)CN(C2CCC2C(=O)O)CC(CO)O1. The van der Waals surface area contributed by atoms with Gasteiger partial charge in [0.25, 0.3) is 0 Å². The first-order chi connectivity index (χ1) is 7.93. The third-order valence-electron chi connectivity index (χ3n) is 3.74. The molecule has 5 nitrogen and oxygen atoms in total. The monoisotopic (exact) mass is 243 g/mol. The number of morpholine rings is 1. The molecule has 2 fully saturated rings. The molecule has 0 aromatic carbocycles. The lowest BCUT2D eigenvalue weighted by atomic mass is 9.77. The number of nitrogens with zero attached hydrogens (tertiary/aromatic N) is 1. The lowest BCUT2D eigenvalue weighted by Gasteiger charge is -2.50. The molecule has 0 aromatic heterocycles. The zero-order chi connectivity index (χ0) is 12.6. The minimum atomic E-state index is -0.703. The molecule has 2 rings (SSSR count). The van der Waals surface area contributed by atoms with E-state index in [0.717, 1.165) is 19.4 Å². The van der Waals surface area contributed by atoms with E-state index in [2.05, 4.69) is 4.90 Å². The molecule has 1 saturated carbocycles. The summed E-state index contributed by atoms with van der Waals surface area (Å²) in [6, 6.07) is 0.115. The topological polar surface area (TPSA) is 70.0 Å². The summed E-state index contributed by atoms with van der Waals surface area (Å²) in [4.78, 5) is 13.2. The third kappa shape index (κ3) is 2.61. The first kappa shape index (κ1) is 12.8. The van der Waals surface area contributed by atoms with Crippen LogP contribution in [0.3, 0.4) is 0 Å². The van der Waals surface area contributed by atoms with Crippen molar-refractivity contribution in [2.75, 3.05) is 19.7 Å². The quantitative estimate of drug-likeness (QED) is 0.747. The molecule has 2 aliphatic rings. The standard InChI is InChI=1S/C12H21NO4/c1-12(2)7-13(5-8(6-14)17-12)10-4-3-9(10)11(15)16/h8-10,14H,3-7H2,1-2H3,(H,15,16). The van der Waals surface area contributed by atoms with Gasteiger partial charge in [0, 0.05) is 19.1 Å². The maximum atomic E-state index is 11.0. The number of aliphatic carboxylic acids is 1. The summed E-state index contributed by atoms with van der Waals surface area (Å²) < 4.78 is 5.73. The molecule has 1 aliphatic heterocycles. The Morgan fingerprint density at radius 3 is 2.65 bits per heavy atom. The lowest BCUT2D eigenvalue weighted by Crippen LogP contribution is -2.61.